The number of hydrogen-bond acceptors (Lipinski definition) is 2. The first kappa shape index (κ1) is 15.4. The standard InChI is InChI=1S/C16H22N2O3/c1-2-11(8-15(19)20)10-17-16(21)18-14-9-13(14)12-6-4-3-5-7-12/h3-7,11,13-14H,2,8-10H2,1H3,(H,19,20)(H2,17,18,21). The van der Waals surface area contributed by atoms with Crippen molar-refractivity contribution in [2.75, 3.05) is 6.54 Å². The van der Waals surface area contributed by atoms with Crippen LogP contribution in [0.15, 0.2) is 30.3 Å². The van der Waals surface area contributed by atoms with E-state index in [9.17, 15) is 9.59 Å². The van der Waals surface area contributed by atoms with Crippen molar-refractivity contribution in [3.8, 4) is 0 Å². The summed E-state index contributed by atoms with van der Waals surface area (Å²) in [5, 5.41) is 14.5. The number of carboxylic acid groups (broad SMARTS) is 1. The van der Waals surface area contributed by atoms with Crippen LogP contribution in [0.3, 0.4) is 0 Å². The van der Waals surface area contributed by atoms with Gasteiger partial charge >= 0.3 is 12.0 Å². The third-order valence-electron chi connectivity index (χ3n) is 3.93. The molecule has 0 spiro atoms. The number of carbonyl (C=O) groups excluding carboxylic acids is 1. The monoisotopic (exact) mass is 290 g/mol. The lowest BCUT2D eigenvalue weighted by Crippen LogP contribution is -2.40. The van der Waals surface area contributed by atoms with E-state index in [2.05, 4.69) is 22.8 Å². The van der Waals surface area contributed by atoms with Crippen LogP contribution in [-0.4, -0.2) is 29.7 Å². The molecule has 0 heterocycles. The maximum absolute atomic E-state index is 11.8. The Labute approximate surface area is 124 Å². The lowest BCUT2D eigenvalue weighted by molar-refractivity contribution is -0.138. The van der Waals surface area contributed by atoms with Crippen LogP contribution in [0.5, 0.6) is 0 Å². The smallest absolute Gasteiger partial charge is 0.315 e. The molecule has 0 radical (unpaired) electrons. The molecule has 0 saturated heterocycles. The van der Waals surface area contributed by atoms with Gasteiger partial charge in [0, 0.05) is 24.9 Å². The second-order valence-corrected chi connectivity index (χ2v) is 5.59. The molecule has 0 aromatic heterocycles. The first-order valence-electron chi connectivity index (χ1n) is 7.41. The van der Waals surface area contributed by atoms with Gasteiger partial charge in [0.1, 0.15) is 0 Å². The average Bonchev–Trinajstić information content (AvgIpc) is 3.23. The molecule has 1 aliphatic rings. The summed E-state index contributed by atoms with van der Waals surface area (Å²) in [5.74, 6) is -0.439. The predicted molar refractivity (Wildman–Crippen MR) is 80.2 cm³/mol. The normalized spacial score (nSPS) is 21.4. The number of amides is 2. The van der Waals surface area contributed by atoms with Crippen molar-refractivity contribution in [2.45, 2.75) is 38.1 Å². The highest BCUT2D eigenvalue weighted by Gasteiger charge is 2.39. The van der Waals surface area contributed by atoms with E-state index in [4.69, 9.17) is 5.11 Å². The molecule has 2 amide bonds. The highest BCUT2D eigenvalue weighted by atomic mass is 16.4. The first-order valence-corrected chi connectivity index (χ1v) is 7.41. The van der Waals surface area contributed by atoms with Crippen LogP contribution in [0.1, 0.15) is 37.7 Å². The topological polar surface area (TPSA) is 78.4 Å². The van der Waals surface area contributed by atoms with Crippen molar-refractivity contribution in [3.63, 3.8) is 0 Å². The van der Waals surface area contributed by atoms with Crippen molar-refractivity contribution in [1.82, 2.24) is 10.6 Å². The maximum Gasteiger partial charge on any atom is 0.315 e. The Hall–Kier alpha value is -2.04. The van der Waals surface area contributed by atoms with Crippen LogP contribution in [0, 0.1) is 5.92 Å². The van der Waals surface area contributed by atoms with Gasteiger partial charge in [-0.15, -0.1) is 0 Å². The van der Waals surface area contributed by atoms with Crippen molar-refractivity contribution >= 4 is 12.0 Å². The second kappa shape index (κ2) is 7.11. The van der Waals surface area contributed by atoms with Crippen molar-refractivity contribution in [1.29, 1.82) is 0 Å². The molecule has 1 aromatic rings. The molecule has 3 N–H and O–H groups in total. The van der Waals surface area contributed by atoms with E-state index >= 15 is 0 Å². The van der Waals surface area contributed by atoms with Gasteiger partial charge in [0.25, 0.3) is 0 Å². The summed E-state index contributed by atoms with van der Waals surface area (Å²) in [6.45, 7) is 2.33. The van der Waals surface area contributed by atoms with Crippen LogP contribution in [0.25, 0.3) is 0 Å². The molecule has 1 aliphatic carbocycles. The number of carbonyl (C=O) groups is 2. The SMILES string of the molecule is CCC(CNC(=O)NC1CC1c1ccccc1)CC(=O)O. The van der Waals surface area contributed by atoms with Crippen LogP contribution in [-0.2, 0) is 4.79 Å². The van der Waals surface area contributed by atoms with Gasteiger partial charge in [-0.05, 0) is 17.9 Å². The number of aliphatic carboxylic acids is 1. The average molecular weight is 290 g/mol. The molecule has 21 heavy (non-hydrogen) atoms. The number of nitrogens with one attached hydrogen (secondary N) is 2. The van der Waals surface area contributed by atoms with Gasteiger partial charge in [0.05, 0.1) is 0 Å². The fourth-order valence-electron chi connectivity index (χ4n) is 2.49. The third kappa shape index (κ3) is 4.77. The molecule has 3 atom stereocenters. The van der Waals surface area contributed by atoms with Gasteiger partial charge in [-0.25, -0.2) is 4.79 Å². The molecule has 0 aliphatic heterocycles. The zero-order valence-electron chi connectivity index (χ0n) is 12.2. The molecule has 5 nitrogen and oxygen atoms in total. The molecular weight excluding hydrogens is 268 g/mol. The van der Waals surface area contributed by atoms with Gasteiger partial charge in [-0.1, -0.05) is 43.7 Å². The quantitative estimate of drug-likeness (QED) is 0.721. The summed E-state index contributed by atoms with van der Waals surface area (Å²) < 4.78 is 0. The zero-order chi connectivity index (χ0) is 15.2. The number of benzene rings is 1. The zero-order valence-corrected chi connectivity index (χ0v) is 12.2. The van der Waals surface area contributed by atoms with E-state index in [-0.39, 0.29) is 24.4 Å². The lowest BCUT2D eigenvalue weighted by Gasteiger charge is -2.14. The molecule has 1 fully saturated rings. The van der Waals surface area contributed by atoms with Crippen LogP contribution < -0.4 is 10.6 Å². The summed E-state index contributed by atoms with van der Waals surface area (Å²) in [4.78, 5) is 22.5. The van der Waals surface area contributed by atoms with E-state index in [1.54, 1.807) is 0 Å². The van der Waals surface area contributed by atoms with Crippen LogP contribution in [0.2, 0.25) is 0 Å². The third-order valence-corrected chi connectivity index (χ3v) is 3.93. The van der Waals surface area contributed by atoms with Gasteiger partial charge < -0.3 is 15.7 Å². The van der Waals surface area contributed by atoms with Gasteiger partial charge in [0.15, 0.2) is 0 Å². The van der Waals surface area contributed by atoms with Gasteiger partial charge in [-0.3, -0.25) is 4.79 Å². The summed E-state index contributed by atoms with van der Waals surface area (Å²) in [5.41, 5.74) is 1.25. The van der Waals surface area contributed by atoms with E-state index in [0.29, 0.717) is 12.5 Å². The second-order valence-electron chi connectivity index (χ2n) is 5.59. The molecule has 0 bridgehead atoms. The maximum atomic E-state index is 11.8. The number of carboxylic acids is 1. The summed E-state index contributed by atoms with van der Waals surface area (Å²) in [6, 6.07) is 10.1. The number of hydrogen-bond donors (Lipinski definition) is 3. The Morgan fingerprint density at radius 3 is 2.67 bits per heavy atom. The fraction of sp³-hybridized carbons (Fsp3) is 0.500. The molecule has 3 unspecified atom stereocenters. The Kier molecular flexibility index (Phi) is 5.20. The van der Waals surface area contributed by atoms with Crippen LogP contribution in [0.4, 0.5) is 4.79 Å². The highest BCUT2D eigenvalue weighted by Crippen LogP contribution is 2.40. The Bertz CT molecular complexity index is 490. The summed E-state index contributed by atoms with van der Waals surface area (Å²) in [6.07, 6.45) is 1.79. The van der Waals surface area contributed by atoms with Gasteiger partial charge in [-0.2, -0.15) is 0 Å². The van der Waals surface area contributed by atoms with Crippen molar-refractivity contribution in [3.05, 3.63) is 35.9 Å². The number of urea groups is 1. The molecular formula is C16H22N2O3. The van der Waals surface area contributed by atoms with Crippen molar-refractivity contribution < 1.29 is 14.7 Å². The largest absolute Gasteiger partial charge is 0.481 e. The molecule has 1 saturated carbocycles. The Morgan fingerprint density at radius 2 is 2.05 bits per heavy atom. The minimum Gasteiger partial charge on any atom is -0.481 e. The summed E-state index contributed by atoms with van der Waals surface area (Å²) in [7, 11) is 0. The predicted octanol–water partition coefficient (Wildman–Crippen LogP) is 2.34. The lowest BCUT2D eigenvalue weighted by atomic mass is 10.0. The highest BCUT2D eigenvalue weighted by molar-refractivity contribution is 5.75. The minimum atomic E-state index is -0.824. The molecule has 114 valence electrons. The fourth-order valence-corrected chi connectivity index (χ4v) is 2.49. The van der Waals surface area contributed by atoms with E-state index in [1.165, 1.54) is 5.56 Å². The first-order chi connectivity index (χ1) is 10.1. The van der Waals surface area contributed by atoms with E-state index in [1.807, 2.05) is 25.1 Å². The Balaban J connectivity index is 1.70. The van der Waals surface area contributed by atoms with E-state index in [0.717, 1.165) is 12.8 Å². The summed E-state index contributed by atoms with van der Waals surface area (Å²) >= 11 is 0. The van der Waals surface area contributed by atoms with Crippen molar-refractivity contribution in [2.24, 2.45) is 5.92 Å². The minimum absolute atomic E-state index is 0.0163. The molecule has 2 rings (SSSR count). The van der Waals surface area contributed by atoms with E-state index < -0.39 is 5.97 Å². The number of rotatable bonds is 7. The molecule has 1 aromatic carbocycles. The Morgan fingerprint density at radius 1 is 1.33 bits per heavy atom. The van der Waals surface area contributed by atoms with Gasteiger partial charge in [0.2, 0.25) is 0 Å². The molecule has 5 heteroatoms. The van der Waals surface area contributed by atoms with Crippen LogP contribution >= 0.6 is 0 Å².